The van der Waals surface area contributed by atoms with Crippen LogP contribution in [0.25, 0.3) is 0 Å². The van der Waals surface area contributed by atoms with E-state index in [0.717, 1.165) is 0 Å². The summed E-state index contributed by atoms with van der Waals surface area (Å²) >= 11 is 0. The monoisotopic (exact) mass is 248 g/mol. The molecule has 1 aromatic rings. The van der Waals surface area contributed by atoms with Crippen LogP contribution >= 0.6 is 12.4 Å². The van der Waals surface area contributed by atoms with Gasteiger partial charge in [0.05, 0.1) is 12.2 Å². The predicted octanol–water partition coefficient (Wildman–Crippen LogP) is 0.480. The van der Waals surface area contributed by atoms with Crippen molar-refractivity contribution in [2.75, 3.05) is 11.9 Å². The highest BCUT2D eigenvalue weighted by Gasteiger charge is 2.29. The molecule has 0 bridgehead atoms. The number of halogens is 2. The summed E-state index contributed by atoms with van der Waals surface area (Å²) in [6.45, 7) is 0.253. The first kappa shape index (κ1) is 12.9. The van der Waals surface area contributed by atoms with Crippen LogP contribution in [0.1, 0.15) is 6.42 Å². The van der Waals surface area contributed by atoms with Gasteiger partial charge in [0.1, 0.15) is 12.0 Å². The zero-order valence-electron chi connectivity index (χ0n) is 8.81. The Morgan fingerprint density at radius 1 is 1.75 bits per heavy atom. The Bertz CT molecular complexity index is 370. The largest absolute Gasteiger partial charge is 0.310 e. The molecule has 1 aromatic heterocycles. The fraction of sp³-hybridized carbons (Fsp3) is 0.556. The van der Waals surface area contributed by atoms with Crippen molar-refractivity contribution in [3.63, 3.8) is 0 Å². The summed E-state index contributed by atoms with van der Waals surface area (Å²) in [4.78, 5) is 11.6. The number of hydrogen-bond donors (Lipinski definition) is 2. The molecule has 2 atom stereocenters. The number of anilines is 1. The van der Waals surface area contributed by atoms with E-state index in [1.165, 1.54) is 0 Å². The zero-order valence-corrected chi connectivity index (χ0v) is 9.63. The van der Waals surface area contributed by atoms with Crippen molar-refractivity contribution < 1.29 is 9.18 Å². The Hall–Kier alpha value is -1.14. The highest BCUT2D eigenvalue weighted by Crippen LogP contribution is 2.12. The molecule has 2 rings (SSSR count). The minimum Gasteiger partial charge on any atom is -0.310 e. The van der Waals surface area contributed by atoms with Gasteiger partial charge in [0.2, 0.25) is 5.91 Å². The second-order valence-electron chi connectivity index (χ2n) is 3.62. The molecule has 0 spiro atoms. The molecule has 5 nitrogen and oxygen atoms in total. The number of rotatable bonds is 2. The van der Waals surface area contributed by atoms with Crippen molar-refractivity contribution >= 4 is 24.1 Å². The number of nitrogens with zero attached hydrogens (tertiary/aromatic N) is 2. The SMILES string of the molecule is Cl.Cn1nccc1NC(=O)[C@H]1C[C@H](F)CN1. The van der Waals surface area contributed by atoms with Crippen molar-refractivity contribution in [1.82, 2.24) is 15.1 Å². The fourth-order valence-electron chi connectivity index (χ4n) is 1.60. The summed E-state index contributed by atoms with van der Waals surface area (Å²) in [5.74, 6) is 0.405. The lowest BCUT2D eigenvalue weighted by Crippen LogP contribution is -2.35. The van der Waals surface area contributed by atoms with E-state index in [0.29, 0.717) is 5.82 Å². The van der Waals surface area contributed by atoms with Gasteiger partial charge in [-0.15, -0.1) is 12.4 Å². The number of amides is 1. The van der Waals surface area contributed by atoms with Crippen molar-refractivity contribution in [2.24, 2.45) is 7.05 Å². The van der Waals surface area contributed by atoms with Crippen LogP contribution in [0.5, 0.6) is 0 Å². The van der Waals surface area contributed by atoms with Crippen LogP contribution in [0.15, 0.2) is 12.3 Å². The molecule has 1 aliphatic heterocycles. The molecular formula is C9H14ClFN4O. The van der Waals surface area contributed by atoms with Crippen LogP contribution in [-0.4, -0.2) is 34.4 Å². The topological polar surface area (TPSA) is 59.0 Å². The van der Waals surface area contributed by atoms with Gasteiger partial charge >= 0.3 is 0 Å². The Labute approximate surface area is 98.8 Å². The Morgan fingerprint density at radius 2 is 2.50 bits per heavy atom. The van der Waals surface area contributed by atoms with E-state index in [2.05, 4.69) is 15.7 Å². The van der Waals surface area contributed by atoms with Gasteiger partial charge in [0.15, 0.2) is 0 Å². The van der Waals surface area contributed by atoms with Gasteiger partial charge in [-0.05, 0) is 0 Å². The van der Waals surface area contributed by atoms with Crippen LogP contribution in [0, 0.1) is 0 Å². The third-order valence-electron chi connectivity index (χ3n) is 2.47. The lowest BCUT2D eigenvalue weighted by Gasteiger charge is -2.10. The average Bonchev–Trinajstić information content (AvgIpc) is 2.77. The Balaban J connectivity index is 0.00000128. The summed E-state index contributed by atoms with van der Waals surface area (Å²) in [5, 5.41) is 9.43. The van der Waals surface area contributed by atoms with Crippen LogP contribution in [0.3, 0.4) is 0 Å². The lowest BCUT2D eigenvalue weighted by molar-refractivity contribution is -0.117. The van der Waals surface area contributed by atoms with Crippen LogP contribution < -0.4 is 10.6 Å². The summed E-state index contributed by atoms with van der Waals surface area (Å²) in [6.07, 6.45) is 0.909. The molecule has 0 unspecified atom stereocenters. The molecule has 0 aliphatic carbocycles. The molecule has 1 saturated heterocycles. The fourth-order valence-corrected chi connectivity index (χ4v) is 1.60. The maximum atomic E-state index is 12.8. The van der Waals surface area contributed by atoms with Gasteiger partial charge in [0, 0.05) is 26.1 Å². The lowest BCUT2D eigenvalue weighted by atomic mass is 10.2. The van der Waals surface area contributed by atoms with Crippen molar-refractivity contribution in [3.8, 4) is 0 Å². The second-order valence-corrected chi connectivity index (χ2v) is 3.62. The molecule has 0 saturated carbocycles. The summed E-state index contributed by atoms with van der Waals surface area (Å²) in [6, 6.07) is 1.26. The summed E-state index contributed by atoms with van der Waals surface area (Å²) in [7, 11) is 1.73. The molecule has 2 N–H and O–H groups in total. The number of hydrogen-bond acceptors (Lipinski definition) is 3. The van der Waals surface area contributed by atoms with Gasteiger partial charge in [-0.25, -0.2) is 4.39 Å². The van der Waals surface area contributed by atoms with Gasteiger partial charge in [-0.3, -0.25) is 9.48 Å². The molecular weight excluding hydrogens is 235 g/mol. The number of nitrogens with one attached hydrogen (secondary N) is 2. The third kappa shape index (κ3) is 2.70. The van der Waals surface area contributed by atoms with Crippen LogP contribution in [0.4, 0.5) is 10.2 Å². The van der Waals surface area contributed by atoms with Gasteiger partial charge in [0.25, 0.3) is 0 Å². The van der Waals surface area contributed by atoms with Crippen LogP contribution in [-0.2, 0) is 11.8 Å². The van der Waals surface area contributed by atoms with Crippen molar-refractivity contribution in [3.05, 3.63) is 12.3 Å². The Kier molecular flexibility index (Phi) is 4.26. The highest BCUT2D eigenvalue weighted by atomic mass is 35.5. The summed E-state index contributed by atoms with van der Waals surface area (Å²) in [5.41, 5.74) is 0. The van der Waals surface area contributed by atoms with E-state index >= 15 is 0 Å². The molecule has 90 valence electrons. The molecule has 0 radical (unpaired) electrons. The van der Waals surface area contributed by atoms with E-state index in [1.54, 1.807) is 24.0 Å². The Morgan fingerprint density at radius 3 is 3.00 bits per heavy atom. The molecule has 1 amide bonds. The van der Waals surface area contributed by atoms with Gasteiger partial charge in [-0.2, -0.15) is 5.10 Å². The maximum Gasteiger partial charge on any atom is 0.242 e. The van der Waals surface area contributed by atoms with Crippen molar-refractivity contribution in [2.45, 2.75) is 18.6 Å². The first-order valence-corrected chi connectivity index (χ1v) is 4.83. The molecule has 1 fully saturated rings. The van der Waals surface area contributed by atoms with Crippen molar-refractivity contribution in [1.29, 1.82) is 0 Å². The smallest absolute Gasteiger partial charge is 0.242 e. The number of aromatic nitrogens is 2. The second kappa shape index (κ2) is 5.27. The highest BCUT2D eigenvalue weighted by molar-refractivity contribution is 5.94. The van der Waals surface area contributed by atoms with E-state index in [-0.39, 0.29) is 31.3 Å². The molecule has 2 heterocycles. The third-order valence-corrected chi connectivity index (χ3v) is 2.47. The minimum absolute atomic E-state index is 0. The van der Waals surface area contributed by atoms with E-state index < -0.39 is 12.2 Å². The average molecular weight is 249 g/mol. The number of alkyl halides is 1. The molecule has 16 heavy (non-hydrogen) atoms. The minimum atomic E-state index is -0.924. The predicted molar refractivity (Wildman–Crippen MR) is 60.4 cm³/mol. The molecule has 7 heteroatoms. The number of aryl methyl sites for hydroxylation is 1. The van der Waals surface area contributed by atoms with Gasteiger partial charge < -0.3 is 10.6 Å². The molecule has 0 aromatic carbocycles. The first-order valence-electron chi connectivity index (χ1n) is 4.83. The number of carbonyl (C=O) groups excluding carboxylic acids is 1. The van der Waals surface area contributed by atoms with E-state index in [9.17, 15) is 9.18 Å². The van der Waals surface area contributed by atoms with Crippen LogP contribution in [0.2, 0.25) is 0 Å². The van der Waals surface area contributed by atoms with E-state index in [4.69, 9.17) is 0 Å². The van der Waals surface area contributed by atoms with E-state index in [1.807, 2.05) is 0 Å². The normalized spacial score (nSPS) is 23.9. The number of carbonyl (C=O) groups is 1. The zero-order chi connectivity index (χ0) is 10.8. The molecule has 1 aliphatic rings. The summed E-state index contributed by atoms with van der Waals surface area (Å²) < 4.78 is 14.4. The quantitative estimate of drug-likeness (QED) is 0.801. The standard InChI is InChI=1S/C9H13FN4O.ClH/c1-14-8(2-3-12-14)13-9(15)7-4-6(10)5-11-7;/h2-3,6-7,11H,4-5H2,1H3,(H,13,15);1H/t6-,7+;/m0./s1. The van der Waals surface area contributed by atoms with Gasteiger partial charge in [-0.1, -0.05) is 0 Å². The maximum absolute atomic E-state index is 12.8. The first-order chi connectivity index (χ1) is 7.16.